The van der Waals surface area contributed by atoms with Gasteiger partial charge < -0.3 is 45.9 Å². The molecule has 16 heteroatoms. The van der Waals surface area contributed by atoms with Crippen molar-refractivity contribution in [2.75, 3.05) is 13.2 Å². The van der Waals surface area contributed by atoms with Crippen LogP contribution in [-0.2, 0) is 18.6 Å². The Hall–Kier alpha value is -7.07. The van der Waals surface area contributed by atoms with Crippen molar-refractivity contribution in [3.8, 4) is 46.2 Å². The van der Waals surface area contributed by atoms with Crippen molar-refractivity contribution in [3.63, 3.8) is 0 Å². The summed E-state index contributed by atoms with van der Waals surface area (Å²) in [4.78, 5) is 10.0. The minimum atomic E-state index is -1.18. The predicted octanol–water partition coefficient (Wildman–Crippen LogP) is 13.8. The van der Waals surface area contributed by atoms with Crippen LogP contribution in [0.1, 0.15) is 147 Å². The SMILES string of the molecule is CCCCCCCC(C)(C)C(C)COc1cccc(-c2c3/c(=C(\C#N)c4nc5ccccc5o4)n(B4OC(C)(C)C(C)(C)O4)c(-c4cccc(OCC(C)C)c4)c3/c(=C(\C#N)c3nc4ccccc4o3)n2B2OC(C)(C)C(C)(C)O2)c1. The van der Waals surface area contributed by atoms with Crippen molar-refractivity contribution in [1.29, 1.82) is 10.5 Å². The molecule has 14 nitrogen and oxygen atoms in total. The lowest BCUT2D eigenvalue weighted by Crippen LogP contribution is -2.41. The number of aromatic nitrogens is 4. The summed E-state index contributed by atoms with van der Waals surface area (Å²) < 4.78 is 59.0. The van der Waals surface area contributed by atoms with E-state index in [2.05, 4.69) is 53.7 Å². The van der Waals surface area contributed by atoms with E-state index in [1.807, 2.05) is 161 Å². The van der Waals surface area contributed by atoms with Crippen LogP contribution in [0.5, 0.6) is 11.5 Å². The van der Waals surface area contributed by atoms with Gasteiger partial charge in [-0.1, -0.05) is 122 Å². The molecule has 0 saturated carbocycles. The van der Waals surface area contributed by atoms with Crippen molar-refractivity contribution in [2.45, 2.75) is 158 Å². The van der Waals surface area contributed by atoms with E-state index in [-0.39, 0.29) is 40.2 Å². The van der Waals surface area contributed by atoms with Gasteiger partial charge in [-0.05, 0) is 128 Å². The van der Waals surface area contributed by atoms with Crippen LogP contribution in [0.25, 0.3) is 66.6 Å². The van der Waals surface area contributed by atoms with Gasteiger partial charge in [-0.2, -0.15) is 10.5 Å². The van der Waals surface area contributed by atoms with E-state index in [0.29, 0.717) is 90.9 Å². The van der Waals surface area contributed by atoms with Gasteiger partial charge in [-0.25, -0.2) is 9.97 Å². The fourth-order valence-electron chi connectivity index (χ4n) is 10.7. The summed E-state index contributed by atoms with van der Waals surface area (Å²) in [6.45, 7) is 30.3. The lowest BCUT2D eigenvalue weighted by Gasteiger charge is -2.32. The lowest BCUT2D eigenvalue weighted by atomic mass is 9.76. The first-order valence-corrected chi connectivity index (χ1v) is 28.8. The first-order chi connectivity index (χ1) is 38.5. The Bertz CT molecular complexity index is 3670. The highest BCUT2D eigenvalue weighted by molar-refractivity contribution is 6.47. The summed E-state index contributed by atoms with van der Waals surface area (Å²) in [5.41, 5.74) is 1.17. The molecule has 4 aromatic heterocycles. The molecule has 8 aromatic rings. The van der Waals surface area contributed by atoms with Crippen LogP contribution in [0.15, 0.2) is 106 Å². The molecule has 2 fully saturated rings. The summed E-state index contributed by atoms with van der Waals surface area (Å²) >= 11 is 0. The van der Waals surface area contributed by atoms with Crippen LogP contribution < -0.4 is 20.2 Å². The molecule has 2 aliphatic heterocycles. The molecule has 1 unspecified atom stereocenters. The van der Waals surface area contributed by atoms with Crippen LogP contribution in [-0.4, -0.2) is 69.0 Å². The van der Waals surface area contributed by atoms with Gasteiger partial charge in [0.2, 0.25) is 11.8 Å². The largest absolute Gasteiger partial charge is 0.599 e. The molecular formula is C65H76B2N6O8. The minimum Gasteiger partial charge on any atom is -0.493 e. The number of unbranched alkanes of at least 4 members (excludes halogenated alkanes) is 4. The average molecular weight is 1090 g/mol. The summed E-state index contributed by atoms with van der Waals surface area (Å²) in [5, 5.41) is 25.7. The fraction of sp³-hybridized carbons (Fsp3) is 0.446. The topological polar surface area (TPSA) is 165 Å². The van der Waals surface area contributed by atoms with Gasteiger partial charge in [0.25, 0.3) is 0 Å². The van der Waals surface area contributed by atoms with Gasteiger partial charge in [-0.3, -0.25) is 0 Å². The molecule has 2 saturated heterocycles. The Balaban J connectivity index is 1.39. The number of hydrogen-bond acceptors (Lipinski definition) is 12. The van der Waals surface area contributed by atoms with Crippen LogP contribution in [0.4, 0.5) is 0 Å². The fourth-order valence-corrected chi connectivity index (χ4v) is 10.7. The van der Waals surface area contributed by atoms with E-state index in [1.54, 1.807) is 0 Å². The zero-order chi connectivity index (χ0) is 57.8. The first-order valence-electron chi connectivity index (χ1n) is 28.8. The molecule has 420 valence electrons. The van der Waals surface area contributed by atoms with E-state index in [1.165, 1.54) is 32.1 Å². The van der Waals surface area contributed by atoms with Crippen molar-refractivity contribution < 1.29 is 36.9 Å². The molecule has 4 aromatic carbocycles. The Kier molecular flexibility index (Phi) is 15.5. The maximum atomic E-state index is 12.0. The Morgan fingerprint density at radius 3 is 1.41 bits per heavy atom. The number of ether oxygens (including phenoxy) is 2. The second-order valence-corrected chi connectivity index (χ2v) is 25.1. The normalized spacial score (nSPS) is 17.7. The summed E-state index contributed by atoms with van der Waals surface area (Å²) in [5.74, 6) is 1.81. The molecule has 10 rings (SSSR count). The molecule has 0 spiro atoms. The van der Waals surface area contributed by atoms with Gasteiger partial charge in [0.05, 0.1) is 57.7 Å². The van der Waals surface area contributed by atoms with E-state index < -0.39 is 36.9 Å². The maximum Gasteiger partial charge on any atom is 0.599 e. The standard InChI is InChI=1S/C65H76B2N6O8/c1-15-16-17-18-23-34-61(5,6)42(4)40-75-46-29-25-27-44(36-46)56-54-53(57(73(56)67-80-64(11,12)65(13,14)81-67)47(37-68)59-70-49-30-19-21-32-51(49)76-59)55(43-26-24-28-45(35-43)74-39-41(2)3)72(66-78-62(7,8)63(9,10)79-66)58(54)48(38-69)60-71-50-31-20-22-33-52(50)77-60/h19-22,24-33,35-36,41-42H,15-18,23,34,39-40H2,1-14H3/b57-47-,58-48-. The number of oxazole rings is 2. The van der Waals surface area contributed by atoms with Gasteiger partial charge in [-0.15, -0.1) is 0 Å². The molecule has 6 heterocycles. The molecule has 2 aliphatic rings. The Labute approximate surface area is 477 Å². The van der Waals surface area contributed by atoms with Crippen molar-refractivity contribution in [1.82, 2.24) is 18.9 Å². The molecule has 81 heavy (non-hydrogen) atoms. The third kappa shape index (κ3) is 10.7. The third-order valence-corrected chi connectivity index (χ3v) is 17.3. The molecule has 0 amide bonds. The number of nitriles is 2. The van der Waals surface area contributed by atoms with Gasteiger partial charge in [0.15, 0.2) is 11.2 Å². The zero-order valence-corrected chi connectivity index (χ0v) is 49.7. The van der Waals surface area contributed by atoms with Crippen molar-refractivity contribution in [3.05, 3.63) is 120 Å². The second-order valence-electron chi connectivity index (χ2n) is 25.1. The molecule has 0 N–H and O–H groups in total. The van der Waals surface area contributed by atoms with E-state index in [9.17, 15) is 10.5 Å². The minimum absolute atomic E-state index is 0.0254. The number of nitrogens with zero attached hydrogens (tertiary/aromatic N) is 6. The third-order valence-electron chi connectivity index (χ3n) is 17.3. The van der Waals surface area contributed by atoms with Crippen LogP contribution >= 0.6 is 0 Å². The second kappa shape index (κ2) is 22.0. The quantitative estimate of drug-likeness (QED) is 0.0557. The van der Waals surface area contributed by atoms with Crippen molar-refractivity contribution >= 4 is 58.6 Å². The smallest absolute Gasteiger partial charge is 0.493 e. The lowest BCUT2D eigenvalue weighted by molar-refractivity contribution is 0.00578. The molecule has 1 atom stereocenters. The number of benzene rings is 4. The summed E-state index contributed by atoms with van der Waals surface area (Å²) in [7, 11) is -2.35. The van der Waals surface area contributed by atoms with Crippen LogP contribution in [0, 0.1) is 39.9 Å². The number of para-hydroxylation sites is 4. The van der Waals surface area contributed by atoms with Crippen LogP contribution in [0.3, 0.4) is 0 Å². The number of fused-ring (bicyclic) bond motifs is 3. The first kappa shape index (κ1) is 57.2. The average Bonchev–Trinajstić information content (AvgIpc) is 3.14. The zero-order valence-electron chi connectivity index (χ0n) is 49.7. The Morgan fingerprint density at radius 1 is 0.580 bits per heavy atom. The highest BCUT2D eigenvalue weighted by Gasteiger charge is 2.56. The van der Waals surface area contributed by atoms with E-state index in [0.717, 1.165) is 6.42 Å². The predicted molar refractivity (Wildman–Crippen MR) is 319 cm³/mol. The number of rotatable bonds is 19. The monoisotopic (exact) mass is 1090 g/mol. The number of hydrogen-bond donors (Lipinski definition) is 0. The molecule has 0 aliphatic carbocycles. The highest BCUT2D eigenvalue weighted by Crippen LogP contribution is 2.45. The maximum absolute atomic E-state index is 12.0. The van der Waals surface area contributed by atoms with Crippen LogP contribution in [0.2, 0.25) is 0 Å². The van der Waals surface area contributed by atoms with E-state index >= 15 is 0 Å². The molecule has 0 radical (unpaired) electrons. The highest BCUT2D eigenvalue weighted by atomic mass is 16.7. The summed E-state index contributed by atoms with van der Waals surface area (Å²) in [6.07, 6.45) is 7.20. The van der Waals surface area contributed by atoms with Gasteiger partial charge in [0.1, 0.15) is 45.8 Å². The summed E-state index contributed by atoms with van der Waals surface area (Å²) in [6, 6.07) is 35.8. The van der Waals surface area contributed by atoms with Crippen molar-refractivity contribution in [2.24, 2.45) is 17.3 Å². The molecular weight excluding hydrogens is 1010 g/mol. The van der Waals surface area contributed by atoms with Gasteiger partial charge >= 0.3 is 14.5 Å². The van der Waals surface area contributed by atoms with Gasteiger partial charge in [0, 0.05) is 21.9 Å². The molecule has 0 bridgehead atoms. The van der Waals surface area contributed by atoms with E-state index in [4.69, 9.17) is 46.9 Å². The Morgan fingerprint density at radius 2 is 1.00 bits per heavy atom.